The normalized spacial score (nSPS) is 14.4. The lowest BCUT2D eigenvalue weighted by Gasteiger charge is -2.32. The largest absolute Gasteiger partial charge is 0.457 e. The molecule has 0 radical (unpaired) electrons. The molecule has 2 amide bonds. The molecule has 7 heteroatoms. The second-order valence-corrected chi connectivity index (χ2v) is 7.00. The van der Waals surface area contributed by atoms with Crippen LogP contribution in [-0.2, 0) is 9.53 Å². The van der Waals surface area contributed by atoms with Crippen molar-refractivity contribution < 1.29 is 24.0 Å². The molecule has 0 atom stereocenters. The second kappa shape index (κ2) is 10.6. The van der Waals surface area contributed by atoms with Crippen molar-refractivity contribution in [1.29, 1.82) is 0 Å². The van der Waals surface area contributed by atoms with Gasteiger partial charge in [-0.2, -0.15) is 0 Å². The van der Waals surface area contributed by atoms with Gasteiger partial charge >= 0.3 is 0 Å². The lowest BCUT2D eigenvalue weighted by atomic mass is 10.1. The number of hydrogen-bond acceptors (Lipinski definition) is 4. The van der Waals surface area contributed by atoms with Gasteiger partial charge < -0.3 is 24.6 Å². The maximum Gasteiger partial charge on any atom is 0.275 e. The van der Waals surface area contributed by atoms with Gasteiger partial charge in [-0.1, -0.05) is 18.2 Å². The van der Waals surface area contributed by atoms with E-state index in [1.165, 1.54) is 4.90 Å². The third-order valence-corrected chi connectivity index (χ3v) is 4.88. The van der Waals surface area contributed by atoms with Gasteiger partial charge in [0.1, 0.15) is 11.5 Å². The van der Waals surface area contributed by atoms with Crippen LogP contribution in [0.1, 0.15) is 10.4 Å². The number of rotatable bonds is 8. The molecule has 0 aromatic heterocycles. The van der Waals surface area contributed by atoms with Crippen molar-refractivity contribution in [3.8, 4) is 11.5 Å². The summed E-state index contributed by atoms with van der Waals surface area (Å²) in [4.78, 5) is 27.7. The molecule has 0 unspecified atom stereocenters. The highest BCUT2D eigenvalue weighted by Gasteiger charge is 2.25. The molecule has 0 spiro atoms. The summed E-state index contributed by atoms with van der Waals surface area (Å²) in [5.41, 5.74) is 0.645. The number of methoxy groups -OCH3 is 1. The highest BCUT2D eigenvalue weighted by Crippen LogP contribution is 2.21. The van der Waals surface area contributed by atoms with Gasteiger partial charge in [-0.05, 0) is 36.4 Å². The van der Waals surface area contributed by atoms with Crippen molar-refractivity contribution >= 4 is 11.8 Å². The lowest BCUT2D eigenvalue weighted by molar-refractivity contribution is -0.896. The summed E-state index contributed by atoms with van der Waals surface area (Å²) in [5, 5.41) is 2.84. The molecule has 1 fully saturated rings. The number of nitrogens with zero attached hydrogens (tertiary/aromatic N) is 1. The zero-order valence-electron chi connectivity index (χ0n) is 16.7. The molecule has 29 heavy (non-hydrogen) atoms. The van der Waals surface area contributed by atoms with Crippen LogP contribution in [0, 0.1) is 0 Å². The van der Waals surface area contributed by atoms with Crippen molar-refractivity contribution in [3.05, 3.63) is 60.2 Å². The van der Waals surface area contributed by atoms with Crippen LogP contribution >= 0.6 is 0 Å². The minimum Gasteiger partial charge on any atom is -0.457 e. The van der Waals surface area contributed by atoms with Crippen LogP contribution in [-0.4, -0.2) is 69.7 Å². The van der Waals surface area contributed by atoms with E-state index in [0.717, 1.165) is 18.8 Å². The quantitative estimate of drug-likeness (QED) is 0.639. The highest BCUT2D eigenvalue weighted by atomic mass is 16.5. The Kier molecular flexibility index (Phi) is 7.61. The van der Waals surface area contributed by atoms with E-state index in [1.807, 2.05) is 47.4 Å². The van der Waals surface area contributed by atoms with Crippen LogP contribution in [0.3, 0.4) is 0 Å². The molecule has 0 aliphatic carbocycles. The minimum absolute atomic E-state index is 0.0138. The first-order valence-electron chi connectivity index (χ1n) is 9.87. The van der Waals surface area contributed by atoms with E-state index in [9.17, 15) is 9.59 Å². The number of quaternary nitrogens is 1. The Morgan fingerprint density at radius 3 is 2.31 bits per heavy atom. The lowest BCUT2D eigenvalue weighted by Crippen LogP contribution is -3.15. The van der Waals surface area contributed by atoms with E-state index < -0.39 is 0 Å². The first kappa shape index (κ1) is 20.8. The van der Waals surface area contributed by atoms with Gasteiger partial charge in [0.2, 0.25) is 0 Å². The Labute approximate surface area is 171 Å². The average Bonchev–Trinajstić information content (AvgIpc) is 2.75. The number of carbonyl (C=O) groups is 2. The first-order chi connectivity index (χ1) is 14.2. The van der Waals surface area contributed by atoms with Crippen LogP contribution in [0.4, 0.5) is 0 Å². The van der Waals surface area contributed by atoms with E-state index in [-0.39, 0.29) is 11.8 Å². The SMILES string of the molecule is COCCNC(=O)C[NH+]1CCN(C(=O)c2ccc(Oc3ccccc3)cc2)CC1. The van der Waals surface area contributed by atoms with Crippen molar-refractivity contribution in [2.24, 2.45) is 0 Å². The Bertz CT molecular complexity index is 787. The number of benzene rings is 2. The molecule has 0 bridgehead atoms. The van der Waals surface area contributed by atoms with Gasteiger partial charge in [-0.3, -0.25) is 9.59 Å². The molecule has 2 aromatic rings. The third kappa shape index (κ3) is 6.30. The van der Waals surface area contributed by atoms with Gasteiger partial charge in [0.05, 0.1) is 32.8 Å². The molecule has 0 saturated carbocycles. The van der Waals surface area contributed by atoms with Crippen LogP contribution in [0.15, 0.2) is 54.6 Å². The standard InChI is InChI=1S/C22H27N3O4/c1-28-16-11-23-21(26)17-24-12-14-25(15-13-24)22(27)18-7-9-20(10-8-18)29-19-5-3-2-4-6-19/h2-10H,11-17H2,1H3,(H,23,26)/p+1. The van der Waals surface area contributed by atoms with E-state index in [2.05, 4.69) is 5.32 Å². The van der Waals surface area contributed by atoms with Crippen molar-refractivity contribution in [2.45, 2.75) is 0 Å². The number of ether oxygens (including phenoxy) is 2. The van der Waals surface area contributed by atoms with Gasteiger partial charge in [-0.15, -0.1) is 0 Å². The Morgan fingerprint density at radius 2 is 1.66 bits per heavy atom. The van der Waals surface area contributed by atoms with E-state index in [4.69, 9.17) is 9.47 Å². The van der Waals surface area contributed by atoms with E-state index in [1.54, 1.807) is 19.2 Å². The molecule has 1 aliphatic rings. The van der Waals surface area contributed by atoms with Crippen LogP contribution in [0.2, 0.25) is 0 Å². The molecular formula is C22H28N3O4+. The summed E-state index contributed by atoms with van der Waals surface area (Å²) in [6, 6.07) is 16.8. The predicted molar refractivity (Wildman–Crippen MR) is 109 cm³/mol. The van der Waals surface area contributed by atoms with Gasteiger partial charge in [0, 0.05) is 19.2 Å². The molecular weight excluding hydrogens is 370 g/mol. The van der Waals surface area contributed by atoms with Crippen LogP contribution in [0.5, 0.6) is 11.5 Å². The monoisotopic (exact) mass is 398 g/mol. The number of piperazine rings is 1. The summed E-state index contributed by atoms with van der Waals surface area (Å²) < 4.78 is 10.7. The highest BCUT2D eigenvalue weighted by molar-refractivity contribution is 5.94. The first-order valence-corrected chi connectivity index (χ1v) is 9.87. The van der Waals surface area contributed by atoms with E-state index in [0.29, 0.717) is 44.1 Å². The molecule has 2 aromatic carbocycles. The fourth-order valence-corrected chi connectivity index (χ4v) is 3.26. The number of para-hydroxylation sites is 1. The molecule has 1 saturated heterocycles. The molecule has 1 heterocycles. The van der Waals surface area contributed by atoms with Crippen molar-refractivity contribution in [3.63, 3.8) is 0 Å². The summed E-state index contributed by atoms with van der Waals surface area (Å²) in [6.45, 7) is 4.27. The Balaban J connectivity index is 1.46. The minimum atomic E-state index is 0.0138. The summed E-state index contributed by atoms with van der Waals surface area (Å²) in [5.74, 6) is 1.49. The topological polar surface area (TPSA) is 72.3 Å². The summed E-state index contributed by atoms with van der Waals surface area (Å²) in [6.07, 6.45) is 0. The van der Waals surface area contributed by atoms with Gasteiger partial charge in [-0.25, -0.2) is 0 Å². The summed E-state index contributed by atoms with van der Waals surface area (Å²) in [7, 11) is 1.61. The van der Waals surface area contributed by atoms with E-state index >= 15 is 0 Å². The maximum atomic E-state index is 12.8. The van der Waals surface area contributed by atoms with Crippen LogP contribution in [0.25, 0.3) is 0 Å². The van der Waals surface area contributed by atoms with Gasteiger partial charge in [0.15, 0.2) is 6.54 Å². The third-order valence-electron chi connectivity index (χ3n) is 4.88. The smallest absolute Gasteiger partial charge is 0.275 e. The molecule has 154 valence electrons. The Morgan fingerprint density at radius 1 is 1.00 bits per heavy atom. The van der Waals surface area contributed by atoms with Gasteiger partial charge in [0.25, 0.3) is 11.8 Å². The van der Waals surface area contributed by atoms with Crippen molar-refractivity contribution in [2.75, 3.05) is 53.0 Å². The zero-order chi connectivity index (χ0) is 20.5. The second-order valence-electron chi connectivity index (χ2n) is 7.00. The maximum absolute atomic E-state index is 12.8. The molecule has 2 N–H and O–H groups in total. The number of nitrogens with one attached hydrogen (secondary N) is 2. The van der Waals surface area contributed by atoms with Crippen molar-refractivity contribution in [1.82, 2.24) is 10.2 Å². The summed E-state index contributed by atoms with van der Waals surface area (Å²) >= 11 is 0. The fourth-order valence-electron chi connectivity index (χ4n) is 3.26. The average molecular weight is 398 g/mol. The number of hydrogen-bond donors (Lipinski definition) is 2. The number of amides is 2. The molecule has 3 rings (SSSR count). The Hall–Kier alpha value is -2.90. The molecule has 7 nitrogen and oxygen atoms in total. The fraction of sp³-hybridized carbons (Fsp3) is 0.364. The molecule has 1 aliphatic heterocycles. The number of carbonyl (C=O) groups excluding carboxylic acids is 2. The van der Waals surface area contributed by atoms with Crippen LogP contribution < -0.4 is 15.0 Å². The predicted octanol–water partition coefficient (Wildman–Crippen LogP) is 0.582. The zero-order valence-corrected chi connectivity index (χ0v) is 16.7.